The monoisotopic (exact) mass is 480 g/mol. The number of carbonyl (C=O) groups is 1. The van der Waals surface area contributed by atoms with Crippen LogP contribution in [0.15, 0.2) is 34.8 Å². The molecule has 0 saturated carbocycles. The summed E-state index contributed by atoms with van der Waals surface area (Å²) in [4.78, 5) is 12.3. The van der Waals surface area contributed by atoms with E-state index in [0.717, 1.165) is 0 Å². The minimum absolute atomic E-state index is 0.0566. The first kappa shape index (κ1) is 20.3. The van der Waals surface area contributed by atoms with Gasteiger partial charge in [-0.2, -0.15) is 0 Å². The highest BCUT2D eigenvalue weighted by Crippen LogP contribution is 2.33. The number of benzene rings is 2. The topological polar surface area (TPSA) is 50.4 Å². The highest BCUT2D eigenvalue weighted by molar-refractivity contribution is 9.10. The van der Waals surface area contributed by atoms with Gasteiger partial charge in [-0.1, -0.05) is 34.8 Å². The number of rotatable bonds is 4. The minimum atomic E-state index is -0.387. The predicted molar refractivity (Wildman–Crippen MR) is 110 cm³/mol. The first-order valence-corrected chi connectivity index (χ1v) is 9.34. The molecule has 0 radical (unpaired) electrons. The van der Waals surface area contributed by atoms with Crippen LogP contribution >= 0.6 is 63.0 Å². The molecular weight excluding hydrogens is 471 g/mol. The third-order valence-corrected chi connectivity index (χ3v) is 4.60. The van der Waals surface area contributed by atoms with Gasteiger partial charge >= 0.3 is 0 Å². The normalized spacial score (nSPS) is 10.3. The second-order valence-electron chi connectivity index (χ2n) is 4.73. The molecule has 1 amide bonds. The summed E-state index contributed by atoms with van der Waals surface area (Å²) in [5.74, 6) is 0.266. The minimum Gasteiger partial charge on any atom is -0.493 e. The van der Waals surface area contributed by atoms with Crippen molar-refractivity contribution in [2.75, 3.05) is 11.9 Å². The van der Waals surface area contributed by atoms with Crippen LogP contribution < -0.4 is 15.4 Å². The molecule has 132 valence electrons. The van der Waals surface area contributed by atoms with Crippen LogP contribution in [0, 0.1) is 0 Å². The molecule has 9 heteroatoms. The smallest absolute Gasteiger partial charge is 0.257 e. The van der Waals surface area contributed by atoms with E-state index < -0.39 is 0 Å². The Morgan fingerprint density at radius 3 is 2.40 bits per heavy atom. The number of halogens is 4. The Morgan fingerprint density at radius 1 is 1.20 bits per heavy atom. The van der Waals surface area contributed by atoms with Crippen molar-refractivity contribution in [2.24, 2.45) is 0 Å². The molecule has 0 spiro atoms. The van der Waals surface area contributed by atoms with Crippen molar-refractivity contribution >= 4 is 79.7 Å². The quantitative estimate of drug-likeness (QED) is 0.530. The lowest BCUT2D eigenvalue weighted by Gasteiger charge is -2.13. The summed E-state index contributed by atoms with van der Waals surface area (Å²) in [6.07, 6.45) is 0. The average Bonchev–Trinajstić information content (AvgIpc) is 2.53. The summed E-state index contributed by atoms with van der Waals surface area (Å²) in [6, 6.07) is 8.02. The molecule has 2 rings (SSSR count). The number of amides is 1. The van der Waals surface area contributed by atoms with Gasteiger partial charge < -0.3 is 10.1 Å². The molecule has 0 heterocycles. The molecular formula is C16H12BrCl3N2O2S. The summed E-state index contributed by atoms with van der Waals surface area (Å²) >= 11 is 26.5. The third-order valence-electron chi connectivity index (χ3n) is 2.97. The Kier molecular flexibility index (Phi) is 7.34. The molecule has 0 bridgehead atoms. The van der Waals surface area contributed by atoms with Crippen molar-refractivity contribution in [3.63, 3.8) is 0 Å². The number of thiocarbonyl (C=S) groups is 1. The lowest BCUT2D eigenvalue weighted by Crippen LogP contribution is -2.34. The van der Waals surface area contributed by atoms with Crippen LogP contribution in [0.5, 0.6) is 5.75 Å². The lowest BCUT2D eigenvalue weighted by atomic mass is 10.2. The van der Waals surface area contributed by atoms with Crippen molar-refractivity contribution in [1.29, 1.82) is 0 Å². The van der Waals surface area contributed by atoms with E-state index in [2.05, 4.69) is 26.6 Å². The van der Waals surface area contributed by atoms with E-state index in [-0.39, 0.29) is 21.1 Å². The zero-order valence-corrected chi connectivity index (χ0v) is 17.5. The predicted octanol–water partition coefficient (Wildman–Crippen LogP) is 5.93. The van der Waals surface area contributed by atoms with E-state index >= 15 is 0 Å². The van der Waals surface area contributed by atoms with E-state index in [4.69, 9.17) is 51.8 Å². The fraction of sp³-hybridized carbons (Fsp3) is 0.125. The Balaban J connectivity index is 2.08. The van der Waals surface area contributed by atoms with Crippen molar-refractivity contribution in [3.8, 4) is 5.75 Å². The second kappa shape index (κ2) is 9.05. The maximum Gasteiger partial charge on any atom is 0.257 e. The Hall–Kier alpha value is -1.05. The van der Waals surface area contributed by atoms with Crippen LogP contribution in [0.1, 0.15) is 17.3 Å². The van der Waals surface area contributed by atoms with Crippen LogP contribution in [-0.4, -0.2) is 17.6 Å². The molecule has 0 saturated heterocycles. The Bertz CT molecular complexity index is 810. The molecule has 0 unspecified atom stereocenters. The zero-order valence-electron chi connectivity index (χ0n) is 12.8. The molecule has 25 heavy (non-hydrogen) atoms. The van der Waals surface area contributed by atoms with Crippen molar-refractivity contribution in [1.82, 2.24) is 5.32 Å². The second-order valence-corrected chi connectivity index (χ2v) is 7.24. The molecule has 0 aliphatic carbocycles. The van der Waals surface area contributed by atoms with Gasteiger partial charge in [0.05, 0.1) is 26.8 Å². The first-order chi connectivity index (χ1) is 11.8. The van der Waals surface area contributed by atoms with E-state index in [1.165, 1.54) is 12.1 Å². The highest BCUT2D eigenvalue weighted by Gasteiger charge is 2.13. The van der Waals surface area contributed by atoms with Crippen LogP contribution in [0.3, 0.4) is 0 Å². The Morgan fingerprint density at radius 2 is 1.84 bits per heavy atom. The molecule has 0 atom stereocenters. The van der Waals surface area contributed by atoms with Gasteiger partial charge in [0.2, 0.25) is 0 Å². The van der Waals surface area contributed by atoms with Crippen LogP contribution in [0.25, 0.3) is 0 Å². The fourth-order valence-electron chi connectivity index (χ4n) is 1.90. The largest absolute Gasteiger partial charge is 0.493 e. The van der Waals surface area contributed by atoms with Crippen molar-refractivity contribution in [3.05, 3.63) is 55.4 Å². The molecule has 2 aromatic carbocycles. The van der Waals surface area contributed by atoms with E-state index in [9.17, 15) is 4.79 Å². The maximum absolute atomic E-state index is 12.3. The summed E-state index contributed by atoms with van der Waals surface area (Å²) in [5.41, 5.74) is 0.777. The van der Waals surface area contributed by atoms with Gasteiger partial charge in [0.15, 0.2) is 5.11 Å². The molecule has 0 aliphatic rings. The lowest BCUT2D eigenvalue weighted by molar-refractivity contribution is 0.0977. The molecule has 0 aliphatic heterocycles. The maximum atomic E-state index is 12.3. The van der Waals surface area contributed by atoms with Gasteiger partial charge in [-0.05, 0) is 65.4 Å². The fourth-order valence-corrected chi connectivity index (χ4v) is 3.50. The van der Waals surface area contributed by atoms with Gasteiger partial charge in [-0.25, -0.2) is 0 Å². The number of nitrogens with one attached hydrogen (secondary N) is 2. The summed E-state index contributed by atoms with van der Waals surface area (Å²) < 4.78 is 6.08. The molecule has 0 aromatic heterocycles. The van der Waals surface area contributed by atoms with Gasteiger partial charge in [0.1, 0.15) is 5.75 Å². The summed E-state index contributed by atoms with van der Waals surface area (Å²) in [6.45, 7) is 2.41. The molecule has 0 fully saturated rings. The number of carbonyl (C=O) groups excluding carboxylic acids is 1. The van der Waals surface area contributed by atoms with E-state index in [1.807, 2.05) is 6.92 Å². The van der Waals surface area contributed by atoms with Crippen molar-refractivity contribution in [2.45, 2.75) is 6.92 Å². The number of anilines is 1. The average molecular weight is 483 g/mol. The third kappa shape index (κ3) is 5.46. The zero-order chi connectivity index (χ0) is 18.6. The molecule has 4 nitrogen and oxygen atoms in total. The number of hydrogen-bond acceptors (Lipinski definition) is 3. The molecule has 2 N–H and O–H groups in total. The van der Waals surface area contributed by atoms with Gasteiger partial charge in [0.25, 0.3) is 5.91 Å². The highest BCUT2D eigenvalue weighted by atomic mass is 79.9. The van der Waals surface area contributed by atoms with E-state index in [1.54, 1.807) is 18.2 Å². The SMILES string of the molecule is CCOc1ccc(C(=O)NC(=S)Nc2c(Cl)cc(Cl)cc2Cl)cc1Br. The van der Waals surface area contributed by atoms with Crippen LogP contribution in [0.2, 0.25) is 15.1 Å². The van der Waals surface area contributed by atoms with E-state index in [0.29, 0.717) is 33.1 Å². The standard InChI is InChI=1S/C16H12BrCl3N2O2S/c1-2-24-13-4-3-8(5-10(13)17)15(23)22-16(25)21-14-11(19)6-9(18)7-12(14)20/h3-7H,2H2,1H3,(H2,21,22,23,25). The van der Waals surface area contributed by atoms with Crippen LogP contribution in [-0.2, 0) is 0 Å². The van der Waals surface area contributed by atoms with Gasteiger partial charge in [0, 0.05) is 10.6 Å². The number of hydrogen-bond donors (Lipinski definition) is 2. The van der Waals surface area contributed by atoms with Gasteiger partial charge in [-0.15, -0.1) is 0 Å². The first-order valence-electron chi connectivity index (χ1n) is 7.01. The van der Waals surface area contributed by atoms with Crippen molar-refractivity contribution < 1.29 is 9.53 Å². The van der Waals surface area contributed by atoms with Crippen LogP contribution in [0.4, 0.5) is 5.69 Å². The number of ether oxygens (including phenoxy) is 1. The summed E-state index contributed by atoms with van der Waals surface area (Å²) in [7, 11) is 0. The van der Waals surface area contributed by atoms with Gasteiger partial charge in [-0.3, -0.25) is 10.1 Å². The Labute approximate surface area is 173 Å². The molecule has 2 aromatic rings. The summed E-state index contributed by atoms with van der Waals surface area (Å²) in [5, 5.41) is 6.39.